The van der Waals surface area contributed by atoms with E-state index >= 15 is 0 Å². The summed E-state index contributed by atoms with van der Waals surface area (Å²) in [6, 6.07) is 17.1. The molecule has 0 saturated carbocycles. The molecule has 1 atom stereocenters. The van der Waals surface area contributed by atoms with Gasteiger partial charge in [-0.3, -0.25) is 4.79 Å². The summed E-state index contributed by atoms with van der Waals surface area (Å²) in [5, 5.41) is 2.88. The van der Waals surface area contributed by atoms with Crippen molar-refractivity contribution >= 4 is 12.0 Å². The van der Waals surface area contributed by atoms with Gasteiger partial charge in [-0.2, -0.15) is 0 Å². The van der Waals surface area contributed by atoms with Crippen molar-refractivity contribution < 1.29 is 14.3 Å². The number of hydrogen-bond acceptors (Lipinski definition) is 3. The molecule has 0 bridgehead atoms. The van der Waals surface area contributed by atoms with Gasteiger partial charge in [0.1, 0.15) is 6.61 Å². The van der Waals surface area contributed by atoms with Gasteiger partial charge >= 0.3 is 6.09 Å². The molecule has 0 radical (unpaired) electrons. The summed E-state index contributed by atoms with van der Waals surface area (Å²) in [4.78, 5) is 26.5. The van der Waals surface area contributed by atoms with E-state index in [0.717, 1.165) is 24.0 Å². The van der Waals surface area contributed by atoms with Crippen LogP contribution in [0, 0.1) is 6.92 Å². The summed E-state index contributed by atoms with van der Waals surface area (Å²) in [5.41, 5.74) is 2.76. The second-order valence-electron chi connectivity index (χ2n) is 6.66. The maximum absolute atomic E-state index is 12.6. The van der Waals surface area contributed by atoms with Crippen LogP contribution in [0.5, 0.6) is 0 Å². The molecule has 2 aromatic rings. The number of benzene rings is 2. The topological polar surface area (TPSA) is 58.6 Å². The minimum Gasteiger partial charge on any atom is -0.445 e. The summed E-state index contributed by atoms with van der Waals surface area (Å²) in [6.45, 7) is 3.46. The molecule has 0 aromatic heterocycles. The number of rotatable bonds is 4. The molecule has 136 valence electrons. The van der Waals surface area contributed by atoms with Gasteiger partial charge in [0.25, 0.3) is 5.91 Å². The van der Waals surface area contributed by atoms with Crippen molar-refractivity contribution in [2.75, 3.05) is 13.1 Å². The molecular weight excluding hydrogens is 328 g/mol. The van der Waals surface area contributed by atoms with Crippen LogP contribution in [0.3, 0.4) is 0 Å². The van der Waals surface area contributed by atoms with Crippen molar-refractivity contribution in [2.45, 2.75) is 32.4 Å². The molecule has 1 aliphatic rings. The zero-order valence-electron chi connectivity index (χ0n) is 15.0. The van der Waals surface area contributed by atoms with Gasteiger partial charge in [-0.25, -0.2) is 4.79 Å². The number of alkyl carbamates (subject to hydrolysis) is 1. The molecule has 1 aliphatic heterocycles. The fraction of sp³-hybridized carbons (Fsp3) is 0.333. The predicted octanol–water partition coefficient (Wildman–Crippen LogP) is 3.53. The zero-order valence-corrected chi connectivity index (χ0v) is 15.0. The van der Waals surface area contributed by atoms with Crippen LogP contribution < -0.4 is 5.32 Å². The third-order valence-electron chi connectivity index (χ3n) is 4.54. The second kappa shape index (κ2) is 8.52. The lowest BCUT2D eigenvalue weighted by Crippen LogP contribution is -2.49. The van der Waals surface area contributed by atoms with E-state index in [1.165, 1.54) is 0 Å². The Bertz CT molecular complexity index is 744. The maximum atomic E-state index is 12.6. The number of amides is 2. The number of nitrogens with one attached hydrogen (secondary N) is 1. The third kappa shape index (κ3) is 4.85. The molecule has 3 rings (SSSR count). The van der Waals surface area contributed by atoms with Gasteiger partial charge in [-0.1, -0.05) is 48.0 Å². The number of carbonyl (C=O) groups excluding carboxylic acids is 2. The molecule has 1 fully saturated rings. The first kappa shape index (κ1) is 18.0. The van der Waals surface area contributed by atoms with Crippen molar-refractivity contribution in [3.63, 3.8) is 0 Å². The Morgan fingerprint density at radius 2 is 1.85 bits per heavy atom. The lowest BCUT2D eigenvalue weighted by Gasteiger charge is -2.33. The van der Waals surface area contributed by atoms with Crippen molar-refractivity contribution in [1.82, 2.24) is 10.2 Å². The first-order chi connectivity index (χ1) is 12.6. The smallest absolute Gasteiger partial charge is 0.407 e. The lowest BCUT2D eigenvalue weighted by molar-refractivity contribution is 0.0683. The number of aryl methyl sites for hydroxylation is 1. The predicted molar refractivity (Wildman–Crippen MR) is 99.9 cm³/mol. The lowest BCUT2D eigenvalue weighted by atomic mass is 10.0. The van der Waals surface area contributed by atoms with E-state index in [0.29, 0.717) is 18.7 Å². The van der Waals surface area contributed by atoms with E-state index in [1.54, 1.807) is 4.90 Å². The van der Waals surface area contributed by atoms with E-state index in [4.69, 9.17) is 4.74 Å². The molecule has 5 nitrogen and oxygen atoms in total. The minimum absolute atomic E-state index is 0.00847. The Labute approximate surface area is 154 Å². The van der Waals surface area contributed by atoms with Crippen LogP contribution >= 0.6 is 0 Å². The van der Waals surface area contributed by atoms with Gasteiger partial charge in [0, 0.05) is 24.7 Å². The largest absolute Gasteiger partial charge is 0.445 e. The average molecular weight is 352 g/mol. The first-order valence-electron chi connectivity index (χ1n) is 8.95. The molecule has 1 heterocycles. The van der Waals surface area contributed by atoms with Crippen LogP contribution in [0.1, 0.15) is 34.3 Å². The number of nitrogens with zero attached hydrogens (tertiary/aromatic N) is 1. The van der Waals surface area contributed by atoms with Gasteiger partial charge < -0.3 is 15.0 Å². The average Bonchev–Trinajstić information content (AvgIpc) is 2.67. The van der Waals surface area contributed by atoms with Crippen molar-refractivity contribution in [3.8, 4) is 0 Å². The van der Waals surface area contributed by atoms with Crippen molar-refractivity contribution in [2.24, 2.45) is 0 Å². The molecular formula is C21H24N2O3. The molecule has 26 heavy (non-hydrogen) atoms. The Balaban J connectivity index is 1.50. The van der Waals surface area contributed by atoms with Crippen molar-refractivity contribution in [1.29, 1.82) is 0 Å². The van der Waals surface area contributed by atoms with E-state index in [1.807, 2.05) is 61.5 Å². The zero-order chi connectivity index (χ0) is 18.4. The molecule has 0 spiro atoms. The SMILES string of the molecule is Cc1ccc(C(=O)N2CCCC(NC(=O)OCc3ccccc3)C2)cc1. The number of ether oxygens (including phenoxy) is 1. The second-order valence-corrected chi connectivity index (χ2v) is 6.66. The van der Waals surface area contributed by atoms with Crippen LogP contribution in [0.2, 0.25) is 0 Å². The first-order valence-corrected chi connectivity index (χ1v) is 8.95. The quantitative estimate of drug-likeness (QED) is 0.916. The van der Waals surface area contributed by atoms with Gasteiger partial charge in [-0.15, -0.1) is 0 Å². The van der Waals surface area contributed by atoms with E-state index in [2.05, 4.69) is 5.32 Å². The van der Waals surface area contributed by atoms with E-state index in [9.17, 15) is 9.59 Å². The Kier molecular flexibility index (Phi) is 5.89. The molecule has 1 N–H and O–H groups in total. The molecule has 2 amide bonds. The molecule has 5 heteroatoms. The monoisotopic (exact) mass is 352 g/mol. The summed E-state index contributed by atoms with van der Waals surface area (Å²) in [7, 11) is 0. The Morgan fingerprint density at radius 3 is 2.58 bits per heavy atom. The normalized spacial score (nSPS) is 16.8. The van der Waals surface area contributed by atoms with E-state index in [-0.39, 0.29) is 18.6 Å². The minimum atomic E-state index is -0.441. The highest BCUT2D eigenvalue weighted by Crippen LogP contribution is 2.15. The molecule has 1 saturated heterocycles. The standard InChI is InChI=1S/C21H24N2O3/c1-16-9-11-18(12-10-16)20(24)23-13-5-8-19(14-23)22-21(25)26-15-17-6-3-2-4-7-17/h2-4,6-7,9-12,19H,5,8,13-15H2,1H3,(H,22,25). The van der Waals surface area contributed by atoms with Crippen LogP contribution in [0.25, 0.3) is 0 Å². The summed E-state index contributed by atoms with van der Waals surface area (Å²) < 4.78 is 5.27. The highest BCUT2D eigenvalue weighted by molar-refractivity contribution is 5.94. The maximum Gasteiger partial charge on any atom is 0.407 e. The van der Waals surface area contributed by atoms with Gasteiger partial charge in [0.05, 0.1) is 0 Å². The third-order valence-corrected chi connectivity index (χ3v) is 4.54. The number of piperidine rings is 1. The Morgan fingerprint density at radius 1 is 1.12 bits per heavy atom. The molecule has 2 aromatic carbocycles. The summed E-state index contributed by atoms with van der Waals surface area (Å²) in [5.74, 6) is 0.00847. The summed E-state index contributed by atoms with van der Waals surface area (Å²) in [6.07, 6.45) is 1.27. The van der Waals surface area contributed by atoms with Crippen LogP contribution in [-0.2, 0) is 11.3 Å². The fourth-order valence-corrected chi connectivity index (χ4v) is 3.09. The number of hydrogen-bond donors (Lipinski definition) is 1. The van der Waals surface area contributed by atoms with Gasteiger partial charge in [0.15, 0.2) is 0 Å². The number of carbonyl (C=O) groups is 2. The highest BCUT2D eigenvalue weighted by Gasteiger charge is 2.25. The number of likely N-dealkylation sites (tertiary alicyclic amines) is 1. The van der Waals surface area contributed by atoms with Crippen molar-refractivity contribution in [3.05, 3.63) is 71.3 Å². The molecule has 0 aliphatic carbocycles. The van der Waals surface area contributed by atoms with Gasteiger partial charge in [0.2, 0.25) is 0 Å². The summed E-state index contributed by atoms with van der Waals surface area (Å²) >= 11 is 0. The van der Waals surface area contributed by atoms with Crippen LogP contribution in [0.15, 0.2) is 54.6 Å². The van der Waals surface area contributed by atoms with Crippen LogP contribution in [0.4, 0.5) is 4.79 Å². The highest BCUT2D eigenvalue weighted by atomic mass is 16.5. The Hall–Kier alpha value is -2.82. The molecule has 1 unspecified atom stereocenters. The van der Waals surface area contributed by atoms with Crippen LogP contribution in [-0.4, -0.2) is 36.0 Å². The van der Waals surface area contributed by atoms with Gasteiger partial charge in [-0.05, 0) is 37.5 Å². The fourth-order valence-electron chi connectivity index (χ4n) is 3.09. The van der Waals surface area contributed by atoms with E-state index < -0.39 is 6.09 Å².